The zero-order valence-corrected chi connectivity index (χ0v) is 10.9. The second-order valence-electron chi connectivity index (χ2n) is 3.77. The first-order valence-electron chi connectivity index (χ1n) is 5.34. The van der Waals surface area contributed by atoms with Gasteiger partial charge in [0.15, 0.2) is 0 Å². The molecule has 1 rings (SSSR count). The van der Waals surface area contributed by atoms with Crippen molar-refractivity contribution in [1.82, 2.24) is 4.98 Å². The molecular formula is C11H20N4S. The molecule has 1 heterocycles. The predicted octanol–water partition coefficient (Wildman–Crippen LogP) is 1.95. The lowest BCUT2D eigenvalue weighted by molar-refractivity contribution is 0.662. The van der Waals surface area contributed by atoms with Gasteiger partial charge in [0.25, 0.3) is 0 Å². The van der Waals surface area contributed by atoms with Gasteiger partial charge in [-0.25, -0.2) is 10.8 Å². The summed E-state index contributed by atoms with van der Waals surface area (Å²) in [6.45, 7) is 2.21. The van der Waals surface area contributed by atoms with Crippen molar-refractivity contribution < 1.29 is 0 Å². The third-order valence-corrected chi connectivity index (χ3v) is 3.29. The maximum Gasteiger partial charge on any atom is 0.142 e. The second-order valence-corrected chi connectivity index (χ2v) is 4.75. The first-order chi connectivity index (χ1) is 7.69. The van der Waals surface area contributed by atoms with Gasteiger partial charge >= 0.3 is 0 Å². The fourth-order valence-electron chi connectivity index (χ4n) is 1.41. The summed E-state index contributed by atoms with van der Waals surface area (Å²) < 4.78 is 0. The van der Waals surface area contributed by atoms with Crippen LogP contribution in [0.1, 0.15) is 13.3 Å². The number of anilines is 2. The standard InChI is InChI=1S/C11H20N4S/c1-9(7-8-16-3)15(2)11-6-4-5-10(13-11)14-12/h4-6,9H,7-8,12H2,1-3H3,(H,13,14). The molecular weight excluding hydrogens is 220 g/mol. The van der Waals surface area contributed by atoms with E-state index < -0.39 is 0 Å². The van der Waals surface area contributed by atoms with Crippen LogP contribution in [-0.2, 0) is 0 Å². The Morgan fingerprint density at radius 3 is 2.94 bits per heavy atom. The van der Waals surface area contributed by atoms with Crippen molar-refractivity contribution in [3.63, 3.8) is 0 Å². The molecule has 0 saturated heterocycles. The molecule has 5 heteroatoms. The summed E-state index contributed by atoms with van der Waals surface area (Å²) in [5.41, 5.74) is 2.56. The first-order valence-corrected chi connectivity index (χ1v) is 6.74. The lowest BCUT2D eigenvalue weighted by atomic mass is 10.2. The van der Waals surface area contributed by atoms with Crippen LogP contribution in [0.25, 0.3) is 0 Å². The van der Waals surface area contributed by atoms with Crippen LogP contribution in [0, 0.1) is 0 Å². The molecule has 90 valence electrons. The Bertz CT molecular complexity index is 319. The van der Waals surface area contributed by atoms with Crippen molar-refractivity contribution in [2.75, 3.05) is 29.4 Å². The summed E-state index contributed by atoms with van der Waals surface area (Å²) in [6.07, 6.45) is 3.28. The number of pyridine rings is 1. The van der Waals surface area contributed by atoms with Crippen LogP contribution >= 0.6 is 11.8 Å². The summed E-state index contributed by atoms with van der Waals surface area (Å²) in [6, 6.07) is 6.28. The molecule has 0 fully saturated rings. The molecule has 0 radical (unpaired) electrons. The number of aromatic nitrogens is 1. The number of rotatable bonds is 6. The van der Waals surface area contributed by atoms with Gasteiger partial charge in [0, 0.05) is 13.1 Å². The van der Waals surface area contributed by atoms with Crippen LogP contribution < -0.4 is 16.2 Å². The fourth-order valence-corrected chi connectivity index (χ4v) is 1.98. The van der Waals surface area contributed by atoms with Crippen molar-refractivity contribution in [2.24, 2.45) is 5.84 Å². The summed E-state index contributed by atoms with van der Waals surface area (Å²) >= 11 is 1.87. The average Bonchev–Trinajstić information content (AvgIpc) is 2.35. The quantitative estimate of drug-likeness (QED) is 0.588. The Morgan fingerprint density at radius 1 is 1.56 bits per heavy atom. The molecule has 1 unspecified atom stereocenters. The van der Waals surface area contributed by atoms with E-state index in [2.05, 4.69) is 35.5 Å². The van der Waals surface area contributed by atoms with E-state index in [1.807, 2.05) is 30.0 Å². The van der Waals surface area contributed by atoms with Crippen molar-refractivity contribution >= 4 is 23.4 Å². The predicted molar refractivity (Wildman–Crippen MR) is 72.9 cm³/mol. The van der Waals surface area contributed by atoms with Crippen molar-refractivity contribution in [3.8, 4) is 0 Å². The van der Waals surface area contributed by atoms with Crippen molar-refractivity contribution in [2.45, 2.75) is 19.4 Å². The molecule has 16 heavy (non-hydrogen) atoms. The highest BCUT2D eigenvalue weighted by Crippen LogP contribution is 2.16. The smallest absolute Gasteiger partial charge is 0.142 e. The number of hydrogen-bond donors (Lipinski definition) is 2. The fraction of sp³-hybridized carbons (Fsp3) is 0.545. The van der Waals surface area contributed by atoms with Gasteiger partial charge in [-0.2, -0.15) is 11.8 Å². The van der Waals surface area contributed by atoms with Gasteiger partial charge in [-0.3, -0.25) is 0 Å². The summed E-state index contributed by atoms with van der Waals surface area (Å²) in [7, 11) is 2.06. The third kappa shape index (κ3) is 3.57. The molecule has 0 spiro atoms. The van der Waals surface area contributed by atoms with Gasteiger partial charge in [-0.05, 0) is 37.5 Å². The van der Waals surface area contributed by atoms with Crippen molar-refractivity contribution in [1.29, 1.82) is 0 Å². The first kappa shape index (κ1) is 13.1. The van der Waals surface area contributed by atoms with Crippen LogP contribution in [0.3, 0.4) is 0 Å². The Labute approximate surface area is 102 Å². The highest BCUT2D eigenvalue weighted by molar-refractivity contribution is 7.98. The van der Waals surface area contributed by atoms with E-state index in [4.69, 9.17) is 5.84 Å². The number of nitrogens with one attached hydrogen (secondary N) is 1. The van der Waals surface area contributed by atoms with Crippen LogP contribution in [0.5, 0.6) is 0 Å². The monoisotopic (exact) mass is 240 g/mol. The van der Waals surface area contributed by atoms with E-state index in [-0.39, 0.29) is 0 Å². The summed E-state index contributed by atoms with van der Waals surface area (Å²) in [5.74, 6) is 8.15. The van der Waals surface area contributed by atoms with E-state index in [1.54, 1.807) is 0 Å². The Morgan fingerprint density at radius 2 is 2.31 bits per heavy atom. The molecule has 0 aliphatic carbocycles. The Hall–Kier alpha value is -0.940. The Kier molecular flexibility index (Phi) is 5.42. The minimum Gasteiger partial charge on any atom is -0.357 e. The molecule has 0 aromatic carbocycles. The van der Waals surface area contributed by atoms with Gasteiger partial charge in [0.2, 0.25) is 0 Å². The molecule has 0 aliphatic heterocycles. The number of thioether (sulfide) groups is 1. The third-order valence-electron chi connectivity index (χ3n) is 2.64. The van der Waals surface area contributed by atoms with Gasteiger partial charge in [0.05, 0.1) is 0 Å². The van der Waals surface area contributed by atoms with Gasteiger partial charge in [-0.15, -0.1) is 0 Å². The minimum atomic E-state index is 0.480. The van der Waals surface area contributed by atoms with E-state index in [9.17, 15) is 0 Å². The number of nitrogen functional groups attached to an aromatic ring is 1. The lowest BCUT2D eigenvalue weighted by Gasteiger charge is -2.26. The maximum absolute atomic E-state index is 5.34. The molecule has 3 N–H and O–H groups in total. The zero-order chi connectivity index (χ0) is 12.0. The molecule has 1 aromatic heterocycles. The topological polar surface area (TPSA) is 54.2 Å². The maximum atomic E-state index is 5.34. The Balaban J connectivity index is 2.67. The molecule has 4 nitrogen and oxygen atoms in total. The van der Waals surface area contributed by atoms with E-state index in [0.717, 1.165) is 12.2 Å². The second kappa shape index (κ2) is 6.60. The minimum absolute atomic E-state index is 0.480. The molecule has 1 aromatic rings. The summed E-state index contributed by atoms with van der Waals surface area (Å²) in [4.78, 5) is 6.58. The number of hydrogen-bond acceptors (Lipinski definition) is 5. The average molecular weight is 240 g/mol. The van der Waals surface area contributed by atoms with Crippen LogP contribution in [0.4, 0.5) is 11.6 Å². The molecule has 1 atom stereocenters. The zero-order valence-electron chi connectivity index (χ0n) is 10.1. The van der Waals surface area contributed by atoms with Gasteiger partial charge in [0.1, 0.15) is 11.6 Å². The van der Waals surface area contributed by atoms with E-state index in [1.165, 1.54) is 5.75 Å². The molecule has 0 saturated carbocycles. The summed E-state index contributed by atoms with van der Waals surface area (Å²) in [5, 5.41) is 0. The molecule has 0 aliphatic rings. The number of nitrogens with zero attached hydrogens (tertiary/aromatic N) is 2. The normalized spacial score (nSPS) is 12.2. The molecule has 0 amide bonds. The van der Waals surface area contributed by atoms with Gasteiger partial charge in [-0.1, -0.05) is 6.07 Å². The highest BCUT2D eigenvalue weighted by atomic mass is 32.2. The largest absolute Gasteiger partial charge is 0.357 e. The number of nitrogens with two attached hydrogens (primary N) is 1. The van der Waals surface area contributed by atoms with Crippen molar-refractivity contribution in [3.05, 3.63) is 18.2 Å². The van der Waals surface area contributed by atoms with Crippen LogP contribution in [-0.4, -0.2) is 30.1 Å². The van der Waals surface area contributed by atoms with E-state index >= 15 is 0 Å². The van der Waals surface area contributed by atoms with Gasteiger partial charge < -0.3 is 10.3 Å². The number of hydrazine groups is 1. The lowest BCUT2D eigenvalue weighted by Crippen LogP contribution is -2.30. The van der Waals surface area contributed by atoms with Crippen LogP contribution in [0.15, 0.2) is 18.2 Å². The SMILES string of the molecule is CSCCC(C)N(C)c1cccc(NN)n1. The van der Waals surface area contributed by atoms with E-state index in [0.29, 0.717) is 11.9 Å². The highest BCUT2D eigenvalue weighted by Gasteiger charge is 2.10. The molecule has 0 bridgehead atoms. The van der Waals surface area contributed by atoms with Crippen LogP contribution in [0.2, 0.25) is 0 Å².